The second-order valence-corrected chi connectivity index (χ2v) is 4.66. The summed E-state index contributed by atoms with van der Waals surface area (Å²) in [6, 6.07) is 7.88. The molecule has 104 valence electrons. The van der Waals surface area contributed by atoms with Crippen molar-refractivity contribution in [3.8, 4) is 0 Å². The highest BCUT2D eigenvalue weighted by Crippen LogP contribution is 2.30. The minimum absolute atomic E-state index is 0.424. The zero-order valence-corrected chi connectivity index (χ0v) is 10.4. The first-order valence-corrected chi connectivity index (χ1v) is 5.96. The van der Waals surface area contributed by atoms with Gasteiger partial charge in [-0.1, -0.05) is 6.07 Å². The molecule has 0 atom stereocenters. The zero-order chi connectivity index (χ0) is 14.3. The van der Waals surface area contributed by atoms with Crippen molar-refractivity contribution in [2.45, 2.75) is 19.3 Å². The van der Waals surface area contributed by atoms with Gasteiger partial charge >= 0.3 is 6.18 Å². The van der Waals surface area contributed by atoms with Gasteiger partial charge in [-0.15, -0.1) is 10.2 Å². The fraction of sp³-hybridized carbons (Fsp3) is 0.231. The van der Waals surface area contributed by atoms with Crippen LogP contribution >= 0.6 is 0 Å². The maximum absolute atomic E-state index is 12.4. The Morgan fingerprint density at radius 1 is 1.00 bits per heavy atom. The molecule has 1 aromatic carbocycles. The average molecular weight is 280 g/mol. The third kappa shape index (κ3) is 2.26. The maximum Gasteiger partial charge on any atom is 0.435 e. The molecule has 2 heterocycles. The lowest BCUT2D eigenvalue weighted by Gasteiger charge is -2.16. The minimum atomic E-state index is -4.46. The van der Waals surface area contributed by atoms with Crippen molar-refractivity contribution in [1.82, 2.24) is 10.2 Å². The van der Waals surface area contributed by atoms with Crippen molar-refractivity contribution < 1.29 is 13.2 Å². The Morgan fingerprint density at radius 2 is 1.75 bits per heavy atom. The van der Waals surface area contributed by atoms with E-state index in [0.29, 0.717) is 24.6 Å². The van der Waals surface area contributed by atoms with Crippen LogP contribution in [0.2, 0.25) is 0 Å². The summed E-state index contributed by atoms with van der Waals surface area (Å²) >= 11 is 0. The van der Waals surface area contributed by atoms with Gasteiger partial charge in [0.05, 0.1) is 0 Å². The fourth-order valence-electron chi connectivity index (χ4n) is 2.22. The number of benzene rings is 1. The van der Waals surface area contributed by atoms with Gasteiger partial charge < -0.3 is 10.6 Å². The van der Waals surface area contributed by atoms with E-state index >= 15 is 0 Å². The predicted octanol–water partition coefficient (Wildman–Crippen LogP) is 2.60. The van der Waals surface area contributed by atoms with Crippen molar-refractivity contribution in [2.24, 2.45) is 0 Å². The van der Waals surface area contributed by atoms with E-state index in [2.05, 4.69) is 10.2 Å². The number of alkyl halides is 3. The number of nitrogens with zero attached hydrogens (tertiary/aromatic N) is 3. The van der Waals surface area contributed by atoms with Gasteiger partial charge in [-0.3, -0.25) is 0 Å². The summed E-state index contributed by atoms with van der Waals surface area (Å²) < 4.78 is 37.3. The molecule has 0 fully saturated rings. The lowest BCUT2D eigenvalue weighted by atomic mass is 10.1. The molecule has 0 radical (unpaired) electrons. The number of hydrogen-bond donors (Lipinski definition) is 1. The van der Waals surface area contributed by atoms with E-state index in [4.69, 9.17) is 5.73 Å². The van der Waals surface area contributed by atoms with Crippen LogP contribution in [0.4, 0.5) is 24.7 Å². The number of rotatable bonds is 1. The molecule has 0 saturated carbocycles. The van der Waals surface area contributed by atoms with E-state index in [0.717, 1.165) is 17.2 Å². The van der Waals surface area contributed by atoms with Crippen LogP contribution in [0.25, 0.3) is 0 Å². The standard InChI is InChI=1S/C13H11F3N4/c14-13(15,16)11-3-4-12(19-18-11)20-6-8-1-2-10(17)5-9(8)7-20/h1-5H,6-7,17H2. The molecule has 0 bridgehead atoms. The van der Waals surface area contributed by atoms with Crippen LogP contribution < -0.4 is 10.6 Å². The molecule has 0 unspecified atom stereocenters. The lowest BCUT2D eigenvalue weighted by molar-refractivity contribution is -0.141. The summed E-state index contributed by atoms with van der Waals surface area (Å²) in [6.45, 7) is 1.16. The van der Waals surface area contributed by atoms with E-state index in [-0.39, 0.29) is 0 Å². The number of hydrogen-bond acceptors (Lipinski definition) is 4. The van der Waals surface area contributed by atoms with Crippen molar-refractivity contribution in [2.75, 3.05) is 10.6 Å². The molecule has 7 heteroatoms. The van der Waals surface area contributed by atoms with E-state index in [1.807, 2.05) is 17.0 Å². The van der Waals surface area contributed by atoms with E-state index in [1.54, 1.807) is 6.07 Å². The molecular weight excluding hydrogens is 269 g/mol. The van der Waals surface area contributed by atoms with E-state index < -0.39 is 11.9 Å². The molecule has 2 aromatic rings. The second kappa shape index (κ2) is 4.36. The molecule has 4 nitrogen and oxygen atoms in total. The van der Waals surface area contributed by atoms with Crippen LogP contribution in [0, 0.1) is 0 Å². The van der Waals surface area contributed by atoms with Crippen LogP contribution in [-0.4, -0.2) is 10.2 Å². The highest BCUT2D eigenvalue weighted by molar-refractivity contribution is 5.52. The number of halogens is 3. The largest absolute Gasteiger partial charge is 0.435 e. The molecule has 1 aliphatic rings. The summed E-state index contributed by atoms with van der Waals surface area (Å²) in [4.78, 5) is 1.86. The number of aromatic nitrogens is 2. The minimum Gasteiger partial charge on any atom is -0.399 e. The van der Waals surface area contributed by atoms with Crippen molar-refractivity contribution >= 4 is 11.5 Å². The predicted molar refractivity (Wildman–Crippen MR) is 67.8 cm³/mol. The third-order valence-electron chi connectivity index (χ3n) is 3.22. The van der Waals surface area contributed by atoms with Gasteiger partial charge in [0.1, 0.15) is 0 Å². The summed E-state index contributed by atoms with van der Waals surface area (Å²) in [5.74, 6) is 0.424. The Kier molecular flexibility index (Phi) is 2.77. The summed E-state index contributed by atoms with van der Waals surface area (Å²) in [6.07, 6.45) is -4.46. The monoisotopic (exact) mass is 280 g/mol. The molecule has 1 aliphatic heterocycles. The smallest absolute Gasteiger partial charge is 0.399 e. The van der Waals surface area contributed by atoms with Gasteiger partial charge in [-0.05, 0) is 35.4 Å². The summed E-state index contributed by atoms with van der Waals surface area (Å²) in [7, 11) is 0. The first-order chi connectivity index (χ1) is 9.43. The number of fused-ring (bicyclic) bond motifs is 1. The van der Waals surface area contributed by atoms with Crippen molar-refractivity contribution in [1.29, 1.82) is 0 Å². The highest BCUT2D eigenvalue weighted by atomic mass is 19.4. The van der Waals surface area contributed by atoms with Gasteiger partial charge in [0.2, 0.25) is 0 Å². The number of anilines is 2. The molecule has 20 heavy (non-hydrogen) atoms. The molecule has 3 rings (SSSR count). The maximum atomic E-state index is 12.4. The topological polar surface area (TPSA) is 55.0 Å². The average Bonchev–Trinajstić information content (AvgIpc) is 2.80. The Hall–Kier alpha value is -2.31. The molecule has 0 spiro atoms. The van der Waals surface area contributed by atoms with Crippen LogP contribution in [0.5, 0.6) is 0 Å². The van der Waals surface area contributed by atoms with Gasteiger partial charge in [0.25, 0.3) is 0 Å². The van der Waals surface area contributed by atoms with E-state index in [1.165, 1.54) is 6.07 Å². The quantitative estimate of drug-likeness (QED) is 0.816. The fourth-order valence-corrected chi connectivity index (χ4v) is 2.22. The Balaban J connectivity index is 1.83. The van der Waals surface area contributed by atoms with E-state index in [9.17, 15) is 13.2 Å². The Morgan fingerprint density at radius 3 is 2.40 bits per heavy atom. The Bertz CT molecular complexity index is 637. The molecule has 2 N–H and O–H groups in total. The molecular formula is C13H11F3N4. The van der Waals surface area contributed by atoms with Crippen molar-refractivity contribution in [3.05, 3.63) is 47.2 Å². The van der Waals surface area contributed by atoms with Crippen LogP contribution in [0.3, 0.4) is 0 Å². The Labute approximate surface area is 113 Å². The van der Waals surface area contributed by atoms with Crippen molar-refractivity contribution in [3.63, 3.8) is 0 Å². The molecule has 0 saturated heterocycles. The van der Waals surface area contributed by atoms with Gasteiger partial charge in [0, 0.05) is 18.8 Å². The second-order valence-electron chi connectivity index (χ2n) is 4.66. The first kappa shape index (κ1) is 12.7. The summed E-state index contributed by atoms with van der Waals surface area (Å²) in [5, 5.41) is 6.89. The molecule has 0 aliphatic carbocycles. The van der Waals surface area contributed by atoms with Gasteiger partial charge in [-0.25, -0.2) is 0 Å². The zero-order valence-electron chi connectivity index (χ0n) is 10.4. The van der Waals surface area contributed by atoms with Crippen LogP contribution in [0.15, 0.2) is 30.3 Å². The normalized spacial score (nSPS) is 14.4. The highest BCUT2D eigenvalue weighted by Gasteiger charge is 2.33. The lowest BCUT2D eigenvalue weighted by Crippen LogP contribution is -2.18. The van der Waals surface area contributed by atoms with Gasteiger partial charge in [0.15, 0.2) is 11.5 Å². The summed E-state index contributed by atoms with van der Waals surface area (Å²) in [5.41, 5.74) is 7.56. The molecule has 0 amide bonds. The first-order valence-electron chi connectivity index (χ1n) is 5.96. The van der Waals surface area contributed by atoms with Crippen LogP contribution in [0.1, 0.15) is 16.8 Å². The van der Waals surface area contributed by atoms with Crippen LogP contribution in [-0.2, 0) is 19.3 Å². The third-order valence-corrected chi connectivity index (χ3v) is 3.22. The van der Waals surface area contributed by atoms with Gasteiger partial charge in [-0.2, -0.15) is 13.2 Å². The number of nitrogens with two attached hydrogens (primary N) is 1. The SMILES string of the molecule is Nc1ccc2c(c1)CN(c1ccc(C(F)(F)F)nn1)C2. The number of nitrogen functional groups attached to an aromatic ring is 1. The molecule has 1 aromatic heterocycles.